The first kappa shape index (κ1) is 21.4. The molecule has 6 heteroatoms. The maximum absolute atomic E-state index is 12.8. The second-order valence-electron chi connectivity index (χ2n) is 11.5. The molecule has 6 bridgehead atoms. The monoisotopic (exact) mass is 432 g/mol. The number of ketones is 1. The molecule has 9 unspecified atom stereocenters. The third-order valence-corrected chi connectivity index (χ3v) is 9.27. The van der Waals surface area contributed by atoms with E-state index in [4.69, 9.17) is 14.2 Å². The van der Waals surface area contributed by atoms with Crippen LogP contribution >= 0.6 is 0 Å². The molecule has 6 rings (SSSR count). The molecule has 0 aliphatic heterocycles. The van der Waals surface area contributed by atoms with Gasteiger partial charge < -0.3 is 14.2 Å². The van der Waals surface area contributed by atoms with Gasteiger partial charge in [-0.05, 0) is 83.0 Å². The van der Waals surface area contributed by atoms with Crippen LogP contribution in [0.5, 0.6) is 0 Å². The first-order valence-electron chi connectivity index (χ1n) is 12.3. The molecule has 6 fully saturated rings. The number of carbonyl (C=O) groups excluding carboxylic acids is 3. The van der Waals surface area contributed by atoms with Gasteiger partial charge in [0.1, 0.15) is 11.9 Å². The topological polar surface area (TPSA) is 78.9 Å². The van der Waals surface area contributed by atoms with E-state index in [1.807, 2.05) is 20.8 Å². The van der Waals surface area contributed by atoms with E-state index >= 15 is 0 Å². The fourth-order valence-electron chi connectivity index (χ4n) is 7.24. The maximum atomic E-state index is 12.8. The molecule has 0 heterocycles. The van der Waals surface area contributed by atoms with Gasteiger partial charge in [-0.2, -0.15) is 0 Å². The summed E-state index contributed by atoms with van der Waals surface area (Å²) in [6.45, 7) is 5.72. The van der Waals surface area contributed by atoms with Gasteiger partial charge in [-0.1, -0.05) is 6.92 Å². The zero-order valence-corrected chi connectivity index (χ0v) is 19.0. The van der Waals surface area contributed by atoms with Crippen molar-refractivity contribution < 1.29 is 28.6 Å². The van der Waals surface area contributed by atoms with Crippen molar-refractivity contribution in [2.45, 2.75) is 84.3 Å². The quantitative estimate of drug-likeness (QED) is 0.448. The minimum absolute atomic E-state index is 0.00292. The highest BCUT2D eigenvalue weighted by Gasteiger charge is 2.54. The van der Waals surface area contributed by atoms with Crippen molar-refractivity contribution in [3.63, 3.8) is 0 Å². The summed E-state index contributed by atoms with van der Waals surface area (Å²) in [5.74, 6) is 1.59. The normalized spacial score (nSPS) is 42.8. The Morgan fingerprint density at radius 1 is 1.00 bits per heavy atom. The minimum Gasteiger partial charge on any atom is -0.462 e. The number of Topliss-reactive ketones (excluding diaryl/α,β-unsaturated/α-hetero) is 1. The fraction of sp³-hybridized carbons (Fsp3) is 0.880. The van der Waals surface area contributed by atoms with Crippen molar-refractivity contribution in [2.75, 3.05) is 6.79 Å². The average molecular weight is 433 g/mol. The van der Waals surface area contributed by atoms with E-state index in [2.05, 4.69) is 0 Å². The summed E-state index contributed by atoms with van der Waals surface area (Å²) in [6, 6.07) is 0. The summed E-state index contributed by atoms with van der Waals surface area (Å²) in [4.78, 5) is 37.9. The van der Waals surface area contributed by atoms with Crippen LogP contribution in [0.4, 0.5) is 0 Å². The molecule has 172 valence electrons. The molecule has 0 amide bonds. The van der Waals surface area contributed by atoms with Crippen LogP contribution in [0.25, 0.3) is 0 Å². The van der Waals surface area contributed by atoms with E-state index in [1.165, 1.54) is 0 Å². The summed E-state index contributed by atoms with van der Waals surface area (Å²) in [5, 5.41) is 0. The van der Waals surface area contributed by atoms with Gasteiger partial charge in [0.25, 0.3) is 0 Å². The molecule has 6 aliphatic rings. The van der Waals surface area contributed by atoms with E-state index in [9.17, 15) is 14.4 Å². The summed E-state index contributed by atoms with van der Waals surface area (Å²) >= 11 is 0. The second kappa shape index (κ2) is 7.86. The third-order valence-electron chi connectivity index (χ3n) is 9.27. The summed E-state index contributed by atoms with van der Waals surface area (Å²) < 4.78 is 17.4. The average Bonchev–Trinajstić information content (AvgIpc) is 3.33. The lowest BCUT2D eigenvalue weighted by Gasteiger charge is -2.52. The fourth-order valence-corrected chi connectivity index (χ4v) is 7.24. The van der Waals surface area contributed by atoms with E-state index < -0.39 is 5.41 Å². The van der Waals surface area contributed by atoms with Gasteiger partial charge in [0, 0.05) is 17.8 Å². The SMILES string of the molecule is CCC(C)(C)C(=O)OC1CC2CC(C(=O)OCOC3C4CC5CC(C4)C(=O)C3C5)C1C2. The van der Waals surface area contributed by atoms with Crippen LogP contribution in [-0.4, -0.2) is 36.7 Å². The highest BCUT2D eigenvalue weighted by molar-refractivity contribution is 5.86. The van der Waals surface area contributed by atoms with Crippen LogP contribution in [0, 0.1) is 46.8 Å². The van der Waals surface area contributed by atoms with Crippen molar-refractivity contribution in [3.05, 3.63) is 0 Å². The van der Waals surface area contributed by atoms with Crippen LogP contribution in [0.1, 0.15) is 72.1 Å². The highest BCUT2D eigenvalue weighted by atomic mass is 16.7. The molecule has 6 aliphatic carbocycles. The molecule has 0 saturated heterocycles. The maximum Gasteiger partial charge on any atom is 0.311 e. The van der Waals surface area contributed by atoms with Gasteiger partial charge in [0.05, 0.1) is 17.4 Å². The molecular weight excluding hydrogens is 396 g/mol. The number of carbonyl (C=O) groups is 3. The van der Waals surface area contributed by atoms with Crippen molar-refractivity contribution in [1.82, 2.24) is 0 Å². The molecule has 6 saturated carbocycles. The lowest BCUT2D eigenvalue weighted by Crippen LogP contribution is -2.55. The zero-order valence-electron chi connectivity index (χ0n) is 19.0. The van der Waals surface area contributed by atoms with Gasteiger partial charge in [0.2, 0.25) is 0 Å². The number of rotatable bonds is 7. The summed E-state index contributed by atoms with van der Waals surface area (Å²) in [7, 11) is 0. The lowest BCUT2D eigenvalue weighted by atomic mass is 9.54. The first-order valence-corrected chi connectivity index (χ1v) is 12.3. The Morgan fingerprint density at radius 3 is 2.52 bits per heavy atom. The number of ether oxygens (including phenoxy) is 3. The van der Waals surface area contributed by atoms with E-state index in [0.717, 1.165) is 51.4 Å². The Bertz CT molecular complexity index is 759. The highest BCUT2D eigenvalue weighted by Crippen LogP contribution is 2.53. The predicted octanol–water partition coefficient (Wildman–Crippen LogP) is 3.90. The second-order valence-corrected chi connectivity index (χ2v) is 11.5. The molecule has 0 spiro atoms. The number of esters is 2. The smallest absolute Gasteiger partial charge is 0.311 e. The van der Waals surface area contributed by atoms with Crippen LogP contribution < -0.4 is 0 Å². The van der Waals surface area contributed by atoms with Crippen LogP contribution in [0.15, 0.2) is 0 Å². The molecular formula is C25H36O6. The molecule has 9 atom stereocenters. The van der Waals surface area contributed by atoms with Gasteiger partial charge >= 0.3 is 11.9 Å². The standard InChI is InChI=1S/C25H36O6/c1-4-25(2,3)24(28)31-20-10-14-7-17(20)18(8-14)23(27)30-12-29-22-16-6-13-5-15(11-16)21(26)19(22)9-13/h13-20,22H,4-12H2,1-3H3. The minimum atomic E-state index is -0.498. The molecule has 6 nitrogen and oxygen atoms in total. The van der Waals surface area contributed by atoms with Crippen molar-refractivity contribution in [3.8, 4) is 0 Å². The molecule has 31 heavy (non-hydrogen) atoms. The first-order chi connectivity index (χ1) is 14.8. The number of fused-ring (bicyclic) bond motifs is 2. The van der Waals surface area contributed by atoms with Gasteiger partial charge in [-0.3, -0.25) is 14.4 Å². The Balaban J connectivity index is 1.13. The predicted molar refractivity (Wildman–Crippen MR) is 112 cm³/mol. The molecule has 0 N–H and O–H groups in total. The van der Waals surface area contributed by atoms with Crippen molar-refractivity contribution in [2.24, 2.45) is 46.8 Å². The lowest BCUT2D eigenvalue weighted by molar-refractivity contribution is -0.193. The summed E-state index contributed by atoms with van der Waals surface area (Å²) in [5.41, 5.74) is -0.498. The molecule has 0 aromatic carbocycles. The Hall–Kier alpha value is -1.43. The van der Waals surface area contributed by atoms with Crippen LogP contribution in [0.3, 0.4) is 0 Å². The van der Waals surface area contributed by atoms with E-state index in [-0.39, 0.29) is 54.6 Å². The van der Waals surface area contributed by atoms with E-state index in [1.54, 1.807) is 0 Å². The molecule has 0 radical (unpaired) electrons. The Labute approximate surface area is 184 Å². The number of hydrogen-bond donors (Lipinski definition) is 0. The van der Waals surface area contributed by atoms with Crippen LogP contribution in [0.2, 0.25) is 0 Å². The van der Waals surface area contributed by atoms with Gasteiger partial charge in [0.15, 0.2) is 6.79 Å². The number of hydrogen-bond acceptors (Lipinski definition) is 6. The van der Waals surface area contributed by atoms with Crippen molar-refractivity contribution in [1.29, 1.82) is 0 Å². The summed E-state index contributed by atoms with van der Waals surface area (Å²) in [6.07, 6.45) is 7.15. The van der Waals surface area contributed by atoms with Crippen LogP contribution in [-0.2, 0) is 28.6 Å². The Kier molecular flexibility index (Phi) is 5.43. The Morgan fingerprint density at radius 2 is 1.77 bits per heavy atom. The third kappa shape index (κ3) is 3.73. The largest absolute Gasteiger partial charge is 0.462 e. The molecule has 0 aromatic heterocycles. The zero-order chi connectivity index (χ0) is 21.9. The van der Waals surface area contributed by atoms with Crippen molar-refractivity contribution >= 4 is 17.7 Å². The van der Waals surface area contributed by atoms with Gasteiger partial charge in [-0.25, -0.2) is 0 Å². The molecule has 0 aromatic rings. The van der Waals surface area contributed by atoms with Gasteiger partial charge in [-0.15, -0.1) is 0 Å². The van der Waals surface area contributed by atoms with E-state index in [0.29, 0.717) is 23.5 Å².